The van der Waals surface area contributed by atoms with E-state index in [1.54, 1.807) is 0 Å². The molecule has 2 aliphatic rings. The van der Waals surface area contributed by atoms with Crippen molar-refractivity contribution in [3.8, 4) is 0 Å². The molecule has 17 heavy (non-hydrogen) atoms. The van der Waals surface area contributed by atoms with Crippen LogP contribution in [0.2, 0.25) is 0 Å². The third-order valence-electron chi connectivity index (χ3n) is 3.54. The molecule has 0 radical (unpaired) electrons. The van der Waals surface area contributed by atoms with E-state index in [4.69, 9.17) is 15.2 Å². The summed E-state index contributed by atoms with van der Waals surface area (Å²) in [5.74, 6) is 0. The summed E-state index contributed by atoms with van der Waals surface area (Å²) < 4.78 is 10.6. The number of cyclic esters (lactones) is 1. The molecule has 1 atom stereocenters. The molecule has 2 rings (SSSR count). The molecular weight excluding hydrogens is 220 g/mol. The third-order valence-corrected chi connectivity index (χ3v) is 3.54. The van der Waals surface area contributed by atoms with Gasteiger partial charge in [-0.15, -0.1) is 0 Å². The number of carbonyl (C=O) groups is 1. The Labute approximate surface area is 102 Å². The molecule has 0 aromatic heterocycles. The number of amides is 1. The molecule has 98 valence electrons. The Kier molecular flexibility index (Phi) is 4.23. The first-order chi connectivity index (χ1) is 8.18. The van der Waals surface area contributed by atoms with Gasteiger partial charge in [-0.25, -0.2) is 4.79 Å². The fourth-order valence-corrected chi connectivity index (χ4v) is 2.50. The average Bonchev–Trinajstić information content (AvgIpc) is 2.58. The highest BCUT2D eigenvalue weighted by atomic mass is 16.6. The van der Waals surface area contributed by atoms with Gasteiger partial charge in [0.2, 0.25) is 0 Å². The first-order valence-electron chi connectivity index (χ1n) is 6.49. The molecule has 0 bridgehead atoms. The normalized spacial score (nSPS) is 28.3. The highest BCUT2D eigenvalue weighted by Crippen LogP contribution is 2.25. The van der Waals surface area contributed by atoms with Crippen molar-refractivity contribution in [2.24, 2.45) is 5.73 Å². The summed E-state index contributed by atoms with van der Waals surface area (Å²) in [6, 6.07) is 0. The van der Waals surface area contributed by atoms with Crippen LogP contribution in [0.25, 0.3) is 0 Å². The summed E-state index contributed by atoms with van der Waals surface area (Å²) >= 11 is 0. The van der Waals surface area contributed by atoms with Crippen LogP contribution in [0.5, 0.6) is 0 Å². The second-order valence-electron chi connectivity index (χ2n) is 5.20. The quantitative estimate of drug-likeness (QED) is 0.726. The number of alkyl carbamates (subject to hydrolysis) is 1. The van der Waals surface area contributed by atoms with Crippen molar-refractivity contribution in [1.82, 2.24) is 5.32 Å². The summed E-state index contributed by atoms with van der Waals surface area (Å²) in [4.78, 5) is 10.8. The summed E-state index contributed by atoms with van der Waals surface area (Å²) in [5, 5.41) is 2.61. The fraction of sp³-hybridized carbons (Fsp3) is 0.917. The van der Waals surface area contributed by atoms with Gasteiger partial charge in [-0.05, 0) is 12.8 Å². The second-order valence-corrected chi connectivity index (χ2v) is 5.20. The van der Waals surface area contributed by atoms with Crippen molar-refractivity contribution >= 4 is 6.09 Å². The summed E-state index contributed by atoms with van der Waals surface area (Å²) in [7, 11) is 0. The molecule has 1 heterocycles. The Balaban J connectivity index is 1.67. The van der Waals surface area contributed by atoms with Crippen LogP contribution in [0.4, 0.5) is 4.79 Å². The van der Waals surface area contributed by atoms with Crippen LogP contribution in [0, 0.1) is 0 Å². The zero-order valence-corrected chi connectivity index (χ0v) is 10.2. The van der Waals surface area contributed by atoms with Gasteiger partial charge in [-0.3, -0.25) is 0 Å². The van der Waals surface area contributed by atoms with E-state index in [1.165, 1.54) is 25.7 Å². The predicted octanol–water partition coefficient (Wildman–Crippen LogP) is 1.16. The van der Waals surface area contributed by atoms with Crippen LogP contribution in [-0.4, -0.2) is 37.5 Å². The third kappa shape index (κ3) is 3.85. The maximum absolute atomic E-state index is 10.8. The highest BCUT2D eigenvalue weighted by Gasteiger charge is 2.28. The van der Waals surface area contributed by atoms with E-state index in [-0.39, 0.29) is 17.7 Å². The monoisotopic (exact) mass is 242 g/mol. The van der Waals surface area contributed by atoms with Gasteiger partial charge < -0.3 is 20.5 Å². The van der Waals surface area contributed by atoms with E-state index < -0.39 is 0 Å². The summed E-state index contributed by atoms with van der Waals surface area (Å²) in [5.41, 5.74) is 6.15. The van der Waals surface area contributed by atoms with Crippen molar-refractivity contribution in [2.45, 2.75) is 50.2 Å². The molecule has 0 spiro atoms. The number of hydrogen-bond donors (Lipinski definition) is 2. The molecule has 5 heteroatoms. The number of nitrogens with one attached hydrogen (secondary N) is 1. The molecule has 1 aliphatic carbocycles. The minimum atomic E-state index is -0.351. The van der Waals surface area contributed by atoms with Crippen LogP contribution in [0.3, 0.4) is 0 Å². The lowest BCUT2D eigenvalue weighted by Gasteiger charge is -2.28. The minimum Gasteiger partial charge on any atom is -0.442 e. The maximum atomic E-state index is 10.8. The number of hydrogen-bond acceptors (Lipinski definition) is 4. The van der Waals surface area contributed by atoms with Gasteiger partial charge in [0, 0.05) is 5.54 Å². The molecule has 0 aromatic rings. The van der Waals surface area contributed by atoms with Gasteiger partial charge in [0.25, 0.3) is 0 Å². The number of carbonyl (C=O) groups excluding carboxylic acids is 1. The number of nitrogens with two attached hydrogens (primary N) is 1. The Morgan fingerprint density at radius 3 is 2.65 bits per heavy atom. The maximum Gasteiger partial charge on any atom is 0.407 e. The molecule has 1 aliphatic heterocycles. The molecular formula is C12H22N2O3. The summed E-state index contributed by atoms with van der Waals surface area (Å²) in [6.07, 6.45) is 6.52. The Morgan fingerprint density at radius 1 is 1.35 bits per heavy atom. The SMILES string of the molecule is NC1(COCC2CNC(=O)O2)CCCCCC1. The molecule has 0 aromatic carbocycles. The van der Waals surface area contributed by atoms with Gasteiger partial charge in [0.05, 0.1) is 19.8 Å². The Hall–Kier alpha value is -0.810. The van der Waals surface area contributed by atoms with Crippen LogP contribution < -0.4 is 11.1 Å². The molecule has 1 saturated heterocycles. The first kappa shape index (κ1) is 12.6. The van der Waals surface area contributed by atoms with Gasteiger partial charge in [-0.1, -0.05) is 25.7 Å². The van der Waals surface area contributed by atoms with Crippen molar-refractivity contribution in [1.29, 1.82) is 0 Å². The van der Waals surface area contributed by atoms with Crippen LogP contribution >= 0.6 is 0 Å². The topological polar surface area (TPSA) is 73.6 Å². The number of rotatable bonds is 4. The van der Waals surface area contributed by atoms with Gasteiger partial charge in [0.15, 0.2) is 0 Å². The van der Waals surface area contributed by atoms with Crippen LogP contribution in [0.15, 0.2) is 0 Å². The Bertz CT molecular complexity index is 262. The molecule has 1 unspecified atom stereocenters. The van der Waals surface area contributed by atoms with Gasteiger partial charge in [0.1, 0.15) is 6.10 Å². The smallest absolute Gasteiger partial charge is 0.407 e. The first-order valence-corrected chi connectivity index (χ1v) is 6.49. The van der Waals surface area contributed by atoms with Gasteiger partial charge in [-0.2, -0.15) is 0 Å². The van der Waals surface area contributed by atoms with E-state index >= 15 is 0 Å². The lowest BCUT2D eigenvalue weighted by molar-refractivity contribution is 0.0204. The van der Waals surface area contributed by atoms with Crippen molar-refractivity contribution in [3.05, 3.63) is 0 Å². The standard InChI is InChI=1S/C12H22N2O3/c13-12(5-3-1-2-4-6-12)9-16-8-10-7-14-11(15)17-10/h10H,1-9,13H2,(H,14,15). The molecule has 2 fully saturated rings. The lowest BCUT2D eigenvalue weighted by atomic mass is 9.93. The van der Waals surface area contributed by atoms with Gasteiger partial charge >= 0.3 is 6.09 Å². The van der Waals surface area contributed by atoms with Crippen molar-refractivity contribution in [2.75, 3.05) is 19.8 Å². The minimum absolute atomic E-state index is 0.156. The van der Waals surface area contributed by atoms with E-state index in [2.05, 4.69) is 5.32 Å². The zero-order chi connectivity index (χ0) is 12.1. The summed E-state index contributed by atoms with van der Waals surface area (Å²) in [6.45, 7) is 1.55. The largest absolute Gasteiger partial charge is 0.442 e. The predicted molar refractivity (Wildman–Crippen MR) is 63.7 cm³/mol. The van der Waals surface area contributed by atoms with Crippen molar-refractivity contribution < 1.29 is 14.3 Å². The van der Waals surface area contributed by atoms with Crippen LogP contribution in [-0.2, 0) is 9.47 Å². The fourth-order valence-electron chi connectivity index (χ4n) is 2.50. The number of ether oxygens (including phenoxy) is 2. The molecule has 1 amide bonds. The zero-order valence-electron chi connectivity index (χ0n) is 10.2. The molecule has 1 saturated carbocycles. The average molecular weight is 242 g/mol. The molecule has 3 N–H and O–H groups in total. The van der Waals surface area contributed by atoms with E-state index in [9.17, 15) is 4.79 Å². The Morgan fingerprint density at radius 2 is 2.06 bits per heavy atom. The van der Waals surface area contributed by atoms with Crippen LogP contribution in [0.1, 0.15) is 38.5 Å². The van der Waals surface area contributed by atoms with Crippen molar-refractivity contribution in [3.63, 3.8) is 0 Å². The van der Waals surface area contributed by atoms with E-state index in [0.717, 1.165) is 12.8 Å². The lowest BCUT2D eigenvalue weighted by Crippen LogP contribution is -2.44. The highest BCUT2D eigenvalue weighted by molar-refractivity contribution is 5.69. The molecule has 5 nitrogen and oxygen atoms in total. The van der Waals surface area contributed by atoms with E-state index in [1.807, 2.05) is 0 Å². The second kappa shape index (κ2) is 5.69. The van der Waals surface area contributed by atoms with E-state index in [0.29, 0.717) is 19.8 Å².